The summed E-state index contributed by atoms with van der Waals surface area (Å²) >= 11 is 6.07. The number of urea groups is 1. The number of halogens is 4. The Morgan fingerprint density at radius 3 is 2.02 bits per heavy atom. The molecule has 1 saturated heterocycles. The Labute approximate surface area is 293 Å². The van der Waals surface area contributed by atoms with Gasteiger partial charge in [-0.05, 0) is 67.9 Å². The van der Waals surface area contributed by atoms with Crippen molar-refractivity contribution in [2.45, 2.75) is 58.0 Å². The highest BCUT2D eigenvalue weighted by Crippen LogP contribution is 2.24. The molecule has 0 aromatic heterocycles. The average Bonchev–Trinajstić information content (AvgIpc) is 3.51. The van der Waals surface area contributed by atoms with Gasteiger partial charge in [0.05, 0.1) is 37.8 Å². The van der Waals surface area contributed by atoms with Gasteiger partial charge in [-0.2, -0.15) is 13.2 Å². The van der Waals surface area contributed by atoms with Gasteiger partial charge in [0.2, 0.25) is 5.91 Å². The number of hydrogen-bond donors (Lipinski definition) is 4. The van der Waals surface area contributed by atoms with E-state index in [0.717, 1.165) is 49.1 Å². The second-order valence-corrected chi connectivity index (χ2v) is 12.6. The van der Waals surface area contributed by atoms with Gasteiger partial charge in [0.25, 0.3) is 0 Å². The molecule has 0 spiro atoms. The van der Waals surface area contributed by atoms with Crippen LogP contribution in [0.2, 0.25) is 5.02 Å². The van der Waals surface area contributed by atoms with Crippen LogP contribution in [0, 0.1) is 0 Å². The van der Waals surface area contributed by atoms with E-state index >= 15 is 0 Å². The van der Waals surface area contributed by atoms with Gasteiger partial charge in [0.15, 0.2) is 0 Å². The zero-order valence-electron chi connectivity index (χ0n) is 27.6. The Bertz CT molecular complexity index is 1580. The summed E-state index contributed by atoms with van der Waals surface area (Å²) in [5, 5.41) is 27.7. The van der Waals surface area contributed by atoms with Crippen molar-refractivity contribution in [2.75, 3.05) is 31.5 Å². The van der Waals surface area contributed by atoms with Gasteiger partial charge in [-0.15, -0.1) is 0 Å². The highest BCUT2D eigenvalue weighted by Gasteiger charge is 2.32. The lowest BCUT2D eigenvalue weighted by molar-refractivity contribution is -0.928. The standard InChI is InChI=1S/C33H39ClN4O5.C2HF3O2/c1-23(2)43-32(41)26-9-13-28(14-10-26)36-33(42)37-30(21-24-7-15-29(39)16-8-24)31(40)35-17-20-38(18-3-4-19-38)22-25-5-11-27(34)12-6-25;3-2(4,5)1(6)7/h5-16,23,30H,3-4,17-22H2,1-2H3,(H3-,35,36,37,39,40,41,42);(H,6,7)/t30-;/m0./s1. The summed E-state index contributed by atoms with van der Waals surface area (Å²) in [6, 6.07) is 19.4. The topological polar surface area (TPSA) is 157 Å². The Kier molecular flexibility index (Phi) is 14.5. The van der Waals surface area contributed by atoms with Crippen LogP contribution in [-0.2, 0) is 27.3 Å². The average molecular weight is 721 g/mol. The van der Waals surface area contributed by atoms with Crippen LogP contribution in [0.15, 0.2) is 72.8 Å². The van der Waals surface area contributed by atoms with Crippen LogP contribution in [0.3, 0.4) is 0 Å². The number of carboxylic acids is 1. The number of likely N-dealkylation sites (tertiary alicyclic amines) is 1. The number of aromatic hydroxyl groups is 1. The second-order valence-electron chi connectivity index (χ2n) is 12.1. The van der Waals surface area contributed by atoms with E-state index in [2.05, 4.69) is 28.1 Å². The van der Waals surface area contributed by atoms with Crippen molar-refractivity contribution in [3.05, 3.63) is 94.5 Å². The molecule has 15 heteroatoms. The van der Waals surface area contributed by atoms with Crippen LogP contribution >= 0.6 is 11.6 Å². The lowest BCUT2D eigenvalue weighted by Gasteiger charge is -2.34. The first-order valence-electron chi connectivity index (χ1n) is 15.9. The first-order chi connectivity index (χ1) is 23.5. The largest absolute Gasteiger partial charge is 0.542 e. The molecule has 0 radical (unpaired) electrons. The summed E-state index contributed by atoms with van der Waals surface area (Å²) in [6.45, 7) is 7.76. The number of nitrogens with one attached hydrogen (secondary N) is 3. The molecule has 270 valence electrons. The van der Waals surface area contributed by atoms with Gasteiger partial charge in [-0.25, -0.2) is 9.59 Å². The summed E-state index contributed by atoms with van der Waals surface area (Å²) in [4.78, 5) is 47.3. The number of benzene rings is 3. The number of aliphatic carboxylic acids is 1. The van der Waals surface area contributed by atoms with E-state index in [0.29, 0.717) is 22.8 Å². The summed E-state index contributed by atoms with van der Waals surface area (Å²) in [7, 11) is 0. The molecular weight excluding hydrogens is 681 g/mol. The Morgan fingerprint density at radius 2 is 1.48 bits per heavy atom. The molecule has 0 saturated carbocycles. The van der Waals surface area contributed by atoms with Gasteiger partial charge in [-0.3, -0.25) is 4.79 Å². The summed E-state index contributed by atoms with van der Waals surface area (Å²) in [5.74, 6) is -3.62. The predicted octanol–water partition coefficient (Wildman–Crippen LogP) is 4.57. The van der Waals surface area contributed by atoms with E-state index in [-0.39, 0.29) is 24.2 Å². The van der Waals surface area contributed by atoms with Gasteiger partial charge < -0.3 is 40.2 Å². The van der Waals surface area contributed by atoms with Crippen molar-refractivity contribution in [1.29, 1.82) is 0 Å². The predicted molar refractivity (Wildman–Crippen MR) is 178 cm³/mol. The zero-order chi connectivity index (χ0) is 36.9. The van der Waals surface area contributed by atoms with E-state index in [1.807, 2.05) is 12.1 Å². The zero-order valence-corrected chi connectivity index (χ0v) is 28.4. The number of phenols is 1. The number of carbonyl (C=O) groups excluding carboxylic acids is 4. The maximum Gasteiger partial charge on any atom is 0.430 e. The quantitative estimate of drug-likeness (QED) is 0.158. The molecule has 1 fully saturated rings. The molecule has 3 amide bonds. The van der Waals surface area contributed by atoms with Gasteiger partial charge in [0, 0.05) is 35.5 Å². The van der Waals surface area contributed by atoms with Crippen molar-refractivity contribution in [1.82, 2.24) is 10.6 Å². The van der Waals surface area contributed by atoms with Gasteiger partial charge >= 0.3 is 18.2 Å². The molecule has 0 aliphatic carbocycles. The van der Waals surface area contributed by atoms with Gasteiger partial charge in [0.1, 0.15) is 24.3 Å². The smallest absolute Gasteiger partial charge is 0.430 e. The maximum atomic E-state index is 13.4. The van der Waals surface area contributed by atoms with Crippen LogP contribution in [0.5, 0.6) is 5.75 Å². The number of anilines is 1. The number of esters is 1. The second kappa shape index (κ2) is 18.3. The number of carboxylic acid groups (broad SMARTS) is 1. The molecule has 3 aromatic carbocycles. The molecular formula is C35H40ClF3N4O7. The molecule has 4 N–H and O–H groups in total. The Morgan fingerprint density at radius 1 is 0.920 bits per heavy atom. The monoisotopic (exact) mass is 720 g/mol. The van der Waals surface area contributed by atoms with Crippen molar-refractivity contribution in [3.8, 4) is 5.75 Å². The minimum atomic E-state index is -5.19. The number of ether oxygens (including phenoxy) is 1. The first-order valence-corrected chi connectivity index (χ1v) is 16.2. The number of rotatable bonds is 12. The maximum absolute atomic E-state index is 13.4. The normalized spacial score (nSPS) is 14.1. The van der Waals surface area contributed by atoms with Crippen molar-refractivity contribution in [2.24, 2.45) is 0 Å². The Balaban J connectivity index is 0.000000872. The fraction of sp³-hybridized carbons (Fsp3) is 0.371. The van der Waals surface area contributed by atoms with Crippen LogP contribution in [0.4, 0.5) is 23.7 Å². The lowest BCUT2D eigenvalue weighted by atomic mass is 10.1. The Hall–Kier alpha value is -4.82. The number of phenolic OH excluding ortho intramolecular Hbond substituents is 1. The third kappa shape index (κ3) is 13.2. The molecule has 1 aliphatic rings. The molecule has 4 rings (SSSR count). The van der Waals surface area contributed by atoms with Crippen LogP contribution in [0.1, 0.15) is 48.2 Å². The van der Waals surface area contributed by atoms with E-state index in [4.69, 9.17) is 26.2 Å². The third-order valence-corrected chi connectivity index (χ3v) is 8.03. The highest BCUT2D eigenvalue weighted by atomic mass is 35.5. The van der Waals surface area contributed by atoms with Crippen LogP contribution in [0.25, 0.3) is 0 Å². The van der Waals surface area contributed by atoms with E-state index < -0.39 is 30.2 Å². The summed E-state index contributed by atoms with van der Waals surface area (Å²) < 4.78 is 37.6. The lowest BCUT2D eigenvalue weighted by Crippen LogP contribution is -2.53. The fourth-order valence-corrected chi connectivity index (χ4v) is 5.48. The van der Waals surface area contributed by atoms with Crippen molar-refractivity contribution < 1.29 is 51.8 Å². The number of amides is 3. The number of nitrogens with zero attached hydrogens (tertiary/aromatic N) is 1. The SMILES string of the molecule is CC(C)OC(=O)c1ccc(NC(=O)N[C@@H](Cc2ccc(O)cc2)C(=O)NCC[N+]2(Cc3ccc(Cl)cc3)CCCC2)cc1.O=C([O-])C(F)(F)F. The minimum absolute atomic E-state index is 0.122. The third-order valence-electron chi connectivity index (χ3n) is 7.78. The minimum Gasteiger partial charge on any atom is -0.542 e. The summed E-state index contributed by atoms with van der Waals surface area (Å²) in [5.41, 5.74) is 2.84. The van der Waals surface area contributed by atoms with E-state index in [1.54, 1.807) is 62.4 Å². The molecule has 0 bridgehead atoms. The first kappa shape index (κ1) is 39.6. The van der Waals surface area contributed by atoms with Crippen molar-refractivity contribution in [3.63, 3.8) is 0 Å². The summed E-state index contributed by atoms with van der Waals surface area (Å²) in [6.07, 6.45) is -2.90. The van der Waals surface area contributed by atoms with E-state index in [9.17, 15) is 32.7 Å². The molecule has 3 aromatic rings. The molecule has 0 unspecified atom stereocenters. The highest BCUT2D eigenvalue weighted by molar-refractivity contribution is 6.30. The van der Waals surface area contributed by atoms with Crippen LogP contribution < -0.4 is 21.1 Å². The molecule has 1 heterocycles. The molecule has 1 aliphatic heterocycles. The molecule has 11 nitrogen and oxygen atoms in total. The molecule has 1 atom stereocenters. The number of hydrogen-bond acceptors (Lipinski definition) is 7. The number of quaternary nitrogens is 1. The fourth-order valence-electron chi connectivity index (χ4n) is 5.36. The number of alkyl halides is 3. The number of carbonyl (C=O) groups is 4. The van der Waals surface area contributed by atoms with Gasteiger partial charge in [-0.1, -0.05) is 35.9 Å². The van der Waals surface area contributed by atoms with E-state index in [1.165, 1.54) is 5.56 Å². The van der Waals surface area contributed by atoms with Crippen molar-refractivity contribution >= 4 is 41.2 Å². The van der Waals surface area contributed by atoms with Crippen LogP contribution in [-0.4, -0.2) is 78.0 Å². The molecule has 50 heavy (non-hydrogen) atoms.